The standard InChI is InChI=1S/C19H41N/c1-5-8-9-10-11-12-13-14-15-16-19(20-7-3)17-18(4)6-2/h18-20H,5-17H2,1-4H3. The van der Waals surface area contributed by atoms with Crippen molar-refractivity contribution in [1.29, 1.82) is 0 Å². The summed E-state index contributed by atoms with van der Waals surface area (Å²) in [5.74, 6) is 0.873. The molecule has 0 aromatic carbocycles. The van der Waals surface area contributed by atoms with E-state index in [9.17, 15) is 0 Å². The molecular formula is C19H41N. The summed E-state index contributed by atoms with van der Waals surface area (Å²) in [6, 6.07) is 0.763. The van der Waals surface area contributed by atoms with Crippen LogP contribution in [-0.4, -0.2) is 12.6 Å². The van der Waals surface area contributed by atoms with Gasteiger partial charge in [-0.05, 0) is 25.3 Å². The number of hydrogen-bond acceptors (Lipinski definition) is 1. The highest BCUT2D eigenvalue weighted by Gasteiger charge is 2.10. The third-order valence-corrected chi connectivity index (χ3v) is 4.53. The summed E-state index contributed by atoms with van der Waals surface area (Å²) in [5, 5.41) is 3.67. The zero-order chi connectivity index (χ0) is 15.1. The molecule has 1 nitrogen and oxygen atoms in total. The van der Waals surface area contributed by atoms with Gasteiger partial charge in [-0.2, -0.15) is 0 Å². The fraction of sp³-hybridized carbons (Fsp3) is 1.00. The highest BCUT2D eigenvalue weighted by Crippen LogP contribution is 2.16. The average molecular weight is 284 g/mol. The van der Waals surface area contributed by atoms with Crippen molar-refractivity contribution in [2.45, 2.75) is 111 Å². The van der Waals surface area contributed by atoms with Gasteiger partial charge in [-0.3, -0.25) is 0 Å². The van der Waals surface area contributed by atoms with Crippen LogP contribution in [0.4, 0.5) is 0 Å². The van der Waals surface area contributed by atoms with E-state index in [0.29, 0.717) is 0 Å². The molecule has 0 amide bonds. The van der Waals surface area contributed by atoms with Crippen LogP contribution in [0.3, 0.4) is 0 Å². The first kappa shape index (κ1) is 20.0. The van der Waals surface area contributed by atoms with Crippen LogP contribution in [0.15, 0.2) is 0 Å². The van der Waals surface area contributed by atoms with Gasteiger partial charge in [0.15, 0.2) is 0 Å². The fourth-order valence-corrected chi connectivity index (χ4v) is 2.95. The van der Waals surface area contributed by atoms with Crippen molar-refractivity contribution in [2.24, 2.45) is 5.92 Å². The van der Waals surface area contributed by atoms with Crippen molar-refractivity contribution >= 4 is 0 Å². The van der Waals surface area contributed by atoms with E-state index in [1.54, 1.807) is 0 Å². The molecule has 2 atom stereocenters. The van der Waals surface area contributed by atoms with Gasteiger partial charge in [0.25, 0.3) is 0 Å². The van der Waals surface area contributed by atoms with E-state index >= 15 is 0 Å². The van der Waals surface area contributed by atoms with Crippen LogP contribution >= 0.6 is 0 Å². The Morgan fingerprint density at radius 3 is 1.80 bits per heavy atom. The van der Waals surface area contributed by atoms with E-state index in [2.05, 4.69) is 33.0 Å². The quantitative estimate of drug-likeness (QED) is 0.347. The Hall–Kier alpha value is -0.0400. The molecule has 0 heterocycles. The topological polar surface area (TPSA) is 12.0 Å². The Morgan fingerprint density at radius 2 is 1.30 bits per heavy atom. The van der Waals surface area contributed by atoms with Gasteiger partial charge in [-0.25, -0.2) is 0 Å². The molecule has 0 radical (unpaired) electrons. The highest BCUT2D eigenvalue weighted by molar-refractivity contribution is 4.69. The van der Waals surface area contributed by atoms with Crippen LogP contribution in [0.5, 0.6) is 0 Å². The van der Waals surface area contributed by atoms with Crippen molar-refractivity contribution in [3.63, 3.8) is 0 Å². The fourth-order valence-electron chi connectivity index (χ4n) is 2.95. The summed E-state index contributed by atoms with van der Waals surface area (Å²) >= 11 is 0. The molecule has 2 unspecified atom stereocenters. The molecule has 122 valence electrons. The van der Waals surface area contributed by atoms with Crippen molar-refractivity contribution < 1.29 is 0 Å². The average Bonchev–Trinajstić information content (AvgIpc) is 2.45. The molecule has 0 saturated heterocycles. The molecule has 0 saturated carbocycles. The lowest BCUT2D eigenvalue weighted by Crippen LogP contribution is -2.30. The molecule has 1 N–H and O–H groups in total. The molecule has 0 aliphatic carbocycles. The van der Waals surface area contributed by atoms with Crippen LogP contribution in [0.25, 0.3) is 0 Å². The zero-order valence-corrected chi connectivity index (χ0v) is 14.8. The zero-order valence-electron chi connectivity index (χ0n) is 14.8. The van der Waals surface area contributed by atoms with Crippen molar-refractivity contribution in [2.75, 3.05) is 6.54 Å². The Balaban J connectivity index is 3.44. The maximum atomic E-state index is 3.67. The minimum Gasteiger partial charge on any atom is -0.314 e. The second kappa shape index (κ2) is 15.4. The van der Waals surface area contributed by atoms with E-state index in [0.717, 1.165) is 18.5 Å². The summed E-state index contributed by atoms with van der Waals surface area (Å²) in [4.78, 5) is 0. The number of rotatable bonds is 15. The molecule has 0 bridgehead atoms. The number of unbranched alkanes of at least 4 members (excludes halogenated alkanes) is 8. The maximum Gasteiger partial charge on any atom is 0.00694 e. The van der Waals surface area contributed by atoms with Gasteiger partial charge in [0.2, 0.25) is 0 Å². The Kier molecular flexibility index (Phi) is 15.3. The summed E-state index contributed by atoms with van der Waals surface area (Å²) in [6.07, 6.45) is 17.0. The van der Waals surface area contributed by atoms with Gasteiger partial charge in [-0.1, -0.05) is 91.9 Å². The van der Waals surface area contributed by atoms with Crippen LogP contribution in [0.1, 0.15) is 105 Å². The van der Waals surface area contributed by atoms with Gasteiger partial charge in [0, 0.05) is 6.04 Å². The second-order valence-corrected chi connectivity index (χ2v) is 6.62. The molecule has 0 aliphatic rings. The minimum atomic E-state index is 0.763. The third-order valence-electron chi connectivity index (χ3n) is 4.53. The van der Waals surface area contributed by atoms with Gasteiger partial charge >= 0.3 is 0 Å². The first-order valence-corrected chi connectivity index (χ1v) is 9.47. The van der Waals surface area contributed by atoms with Gasteiger partial charge < -0.3 is 5.32 Å². The number of nitrogens with one attached hydrogen (secondary N) is 1. The van der Waals surface area contributed by atoms with Crippen molar-refractivity contribution in [3.8, 4) is 0 Å². The predicted octanol–water partition coefficient (Wildman–Crippen LogP) is 6.32. The minimum absolute atomic E-state index is 0.763. The van der Waals surface area contributed by atoms with E-state index in [4.69, 9.17) is 0 Å². The first-order chi connectivity index (χ1) is 9.74. The smallest absolute Gasteiger partial charge is 0.00694 e. The summed E-state index contributed by atoms with van der Waals surface area (Å²) < 4.78 is 0. The summed E-state index contributed by atoms with van der Waals surface area (Å²) in [6.45, 7) is 10.4. The van der Waals surface area contributed by atoms with E-state index in [1.807, 2.05) is 0 Å². The van der Waals surface area contributed by atoms with E-state index < -0.39 is 0 Å². The summed E-state index contributed by atoms with van der Waals surface area (Å²) in [5.41, 5.74) is 0. The molecule has 0 fully saturated rings. The van der Waals surface area contributed by atoms with Crippen molar-refractivity contribution in [3.05, 3.63) is 0 Å². The van der Waals surface area contributed by atoms with Crippen LogP contribution < -0.4 is 5.32 Å². The second-order valence-electron chi connectivity index (χ2n) is 6.62. The van der Waals surface area contributed by atoms with Crippen molar-refractivity contribution in [1.82, 2.24) is 5.32 Å². The normalized spacial score (nSPS) is 14.4. The molecule has 0 spiro atoms. The Bertz CT molecular complexity index is 179. The van der Waals surface area contributed by atoms with Gasteiger partial charge in [0.1, 0.15) is 0 Å². The molecule has 0 aromatic rings. The van der Waals surface area contributed by atoms with Gasteiger partial charge in [0.05, 0.1) is 0 Å². The molecule has 20 heavy (non-hydrogen) atoms. The predicted molar refractivity (Wildman–Crippen MR) is 93.4 cm³/mol. The molecule has 0 aromatic heterocycles. The number of hydrogen-bond donors (Lipinski definition) is 1. The Morgan fingerprint density at radius 1 is 0.750 bits per heavy atom. The third kappa shape index (κ3) is 13.0. The molecular weight excluding hydrogens is 242 g/mol. The largest absolute Gasteiger partial charge is 0.314 e. The summed E-state index contributed by atoms with van der Waals surface area (Å²) in [7, 11) is 0. The lowest BCUT2D eigenvalue weighted by Gasteiger charge is -2.21. The molecule has 1 heteroatoms. The lowest BCUT2D eigenvalue weighted by molar-refractivity contribution is 0.371. The van der Waals surface area contributed by atoms with Gasteiger partial charge in [-0.15, -0.1) is 0 Å². The monoisotopic (exact) mass is 283 g/mol. The highest BCUT2D eigenvalue weighted by atomic mass is 14.9. The van der Waals surface area contributed by atoms with E-state index in [-0.39, 0.29) is 0 Å². The lowest BCUT2D eigenvalue weighted by atomic mass is 9.95. The van der Waals surface area contributed by atoms with E-state index in [1.165, 1.54) is 77.0 Å². The first-order valence-electron chi connectivity index (χ1n) is 9.47. The van der Waals surface area contributed by atoms with Crippen LogP contribution in [-0.2, 0) is 0 Å². The SMILES string of the molecule is CCCCCCCCCCCC(CC(C)CC)NCC. The molecule has 0 aliphatic heterocycles. The molecule has 0 rings (SSSR count). The van der Waals surface area contributed by atoms with Crippen LogP contribution in [0, 0.1) is 5.92 Å². The Labute approximate surface area is 129 Å². The maximum absolute atomic E-state index is 3.67. The van der Waals surface area contributed by atoms with Crippen LogP contribution in [0.2, 0.25) is 0 Å².